The van der Waals surface area contributed by atoms with E-state index in [4.69, 9.17) is 7.85 Å². The van der Waals surface area contributed by atoms with Gasteiger partial charge in [0.15, 0.2) is 0 Å². The third-order valence-electron chi connectivity index (χ3n) is 3.07. The van der Waals surface area contributed by atoms with E-state index in [0.717, 1.165) is 12.8 Å². The van der Waals surface area contributed by atoms with Crippen molar-refractivity contribution in [2.24, 2.45) is 5.92 Å². The lowest BCUT2D eigenvalue weighted by molar-refractivity contribution is -0.123. The van der Waals surface area contributed by atoms with Gasteiger partial charge in [0.05, 0.1) is 7.85 Å². The second kappa shape index (κ2) is 3.99. The third-order valence-corrected chi connectivity index (χ3v) is 3.07. The monoisotopic (exact) mass is 184 g/mol. The van der Waals surface area contributed by atoms with E-state index in [9.17, 15) is 4.79 Å². The van der Waals surface area contributed by atoms with E-state index in [2.05, 4.69) is 12.1 Å². The van der Waals surface area contributed by atoms with Gasteiger partial charge in [-0.3, -0.25) is 0 Å². The Bertz CT molecular complexity index is 314. The number of rotatable bonds is 3. The van der Waals surface area contributed by atoms with Crippen LogP contribution < -0.4 is 0 Å². The summed E-state index contributed by atoms with van der Waals surface area (Å²) in [5.41, 5.74) is 1.36. The van der Waals surface area contributed by atoms with Crippen LogP contribution in [0.4, 0.5) is 0 Å². The minimum atomic E-state index is 0.201. The molecule has 1 aliphatic rings. The van der Waals surface area contributed by atoms with E-state index in [1.807, 2.05) is 18.2 Å². The molecule has 0 aliphatic heterocycles. The highest BCUT2D eigenvalue weighted by atomic mass is 16.1. The number of hydrogen-bond donors (Lipinski definition) is 0. The fourth-order valence-corrected chi connectivity index (χ4v) is 2.04. The molecule has 1 aromatic carbocycles. The van der Waals surface area contributed by atoms with Crippen LogP contribution in [-0.2, 0) is 4.79 Å². The highest BCUT2D eigenvalue weighted by molar-refractivity contribution is 6.20. The Morgan fingerprint density at radius 3 is 2.50 bits per heavy atom. The van der Waals surface area contributed by atoms with Gasteiger partial charge in [0.2, 0.25) is 0 Å². The average molecular weight is 184 g/mol. The zero-order valence-electron chi connectivity index (χ0n) is 8.15. The first-order valence-corrected chi connectivity index (χ1v) is 5.09. The first-order chi connectivity index (χ1) is 6.81. The Balaban J connectivity index is 1.92. The molecule has 0 bridgehead atoms. The second-order valence-corrected chi connectivity index (χ2v) is 3.95. The van der Waals surface area contributed by atoms with Crippen molar-refractivity contribution in [3.05, 3.63) is 35.9 Å². The lowest BCUT2D eigenvalue weighted by Gasteiger charge is -2.34. The van der Waals surface area contributed by atoms with Crippen LogP contribution in [0, 0.1) is 5.92 Å². The summed E-state index contributed by atoms with van der Waals surface area (Å²) >= 11 is 0. The number of ketones is 1. The van der Waals surface area contributed by atoms with Crippen LogP contribution in [0.2, 0.25) is 6.32 Å². The molecule has 1 saturated carbocycles. The molecule has 1 fully saturated rings. The first-order valence-electron chi connectivity index (χ1n) is 5.09. The average Bonchev–Trinajstić information content (AvgIpc) is 2.17. The van der Waals surface area contributed by atoms with E-state index in [1.54, 1.807) is 0 Å². The molecule has 0 atom stereocenters. The molecule has 2 rings (SSSR count). The topological polar surface area (TPSA) is 17.1 Å². The van der Waals surface area contributed by atoms with Gasteiger partial charge in [0.1, 0.15) is 5.78 Å². The highest BCUT2D eigenvalue weighted by Crippen LogP contribution is 2.42. The van der Waals surface area contributed by atoms with E-state index in [0.29, 0.717) is 5.92 Å². The molecular formula is C12H13BO. The zero-order valence-corrected chi connectivity index (χ0v) is 8.15. The van der Waals surface area contributed by atoms with Gasteiger partial charge >= 0.3 is 0 Å². The highest BCUT2D eigenvalue weighted by Gasteiger charge is 2.33. The number of carbonyl (C=O) groups is 1. The smallest absolute Gasteiger partial charge is 0.127 e. The predicted octanol–water partition coefficient (Wildman–Crippen LogP) is 2.34. The molecule has 70 valence electrons. The van der Waals surface area contributed by atoms with Crippen LogP contribution in [0.5, 0.6) is 0 Å². The Morgan fingerprint density at radius 2 is 1.93 bits per heavy atom. The molecule has 0 spiro atoms. The number of carbonyl (C=O) groups excluding carboxylic acids is 1. The number of hydrogen-bond acceptors (Lipinski definition) is 1. The van der Waals surface area contributed by atoms with Gasteiger partial charge in [-0.15, -0.1) is 0 Å². The molecule has 0 heterocycles. The van der Waals surface area contributed by atoms with Gasteiger partial charge < -0.3 is 4.79 Å². The molecular weight excluding hydrogens is 171 g/mol. The van der Waals surface area contributed by atoms with Crippen molar-refractivity contribution in [1.29, 1.82) is 0 Å². The van der Waals surface area contributed by atoms with Crippen LogP contribution in [0.3, 0.4) is 0 Å². The van der Waals surface area contributed by atoms with Crippen LogP contribution in [-0.4, -0.2) is 13.6 Å². The third kappa shape index (κ3) is 1.74. The minimum absolute atomic E-state index is 0.201. The Morgan fingerprint density at radius 1 is 1.29 bits per heavy atom. The molecule has 0 saturated heterocycles. The summed E-state index contributed by atoms with van der Waals surface area (Å²) < 4.78 is 0. The van der Waals surface area contributed by atoms with E-state index in [-0.39, 0.29) is 18.0 Å². The Labute approximate surface area is 85.9 Å². The molecule has 2 radical (unpaired) electrons. The molecule has 0 amide bonds. The van der Waals surface area contributed by atoms with Gasteiger partial charge in [-0.05, 0) is 30.6 Å². The SMILES string of the molecule is [B]CC(=O)C1CC(c2ccccc2)C1. The molecule has 0 unspecified atom stereocenters. The maximum absolute atomic E-state index is 11.2. The fourth-order valence-electron chi connectivity index (χ4n) is 2.04. The maximum atomic E-state index is 11.2. The number of benzene rings is 1. The summed E-state index contributed by atoms with van der Waals surface area (Å²) in [5.74, 6) is 1.03. The molecule has 1 aliphatic carbocycles. The predicted molar refractivity (Wildman–Crippen MR) is 57.5 cm³/mol. The van der Waals surface area contributed by atoms with E-state index < -0.39 is 0 Å². The van der Waals surface area contributed by atoms with E-state index >= 15 is 0 Å². The molecule has 2 heteroatoms. The maximum Gasteiger partial charge on any atom is 0.127 e. The standard InChI is InChI=1S/C12H13BO/c13-8-12(14)11-6-10(7-11)9-4-2-1-3-5-9/h1-5,10-11H,6-8H2. The lowest BCUT2D eigenvalue weighted by Crippen LogP contribution is -2.28. The largest absolute Gasteiger partial charge is 0.300 e. The van der Waals surface area contributed by atoms with Crippen molar-refractivity contribution in [2.75, 3.05) is 0 Å². The summed E-state index contributed by atoms with van der Waals surface area (Å²) in [5, 5.41) is 0. The minimum Gasteiger partial charge on any atom is -0.300 e. The van der Waals surface area contributed by atoms with Crippen molar-refractivity contribution in [1.82, 2.24) is 0 Å². The van der Waals surface area contributed by atoms with Crippen LogP contribution in [0.25, 0.3) is 0 Å². The van der Waals surface area contributed by atoms with Gasteiger partial charge in [0, 0.05) is 5.92 Å². The van der Waals surface area contributed by atoms with Crippen molar-refractivity contribution < 1.29 is 4.79 Å². The van der Waals surface area contributed by atoms with Gasteiger partial charge in [0.25, 0.3) is 0 Å². The van der Waals surface area contributed by atoms with Gasteiger partial charge in [-0.2, -0.15) is 0 Å². The quantitative estimate of drug-likeness (QED) is 0.659. The molecule has 1 nitrogen and oxygen atoms in total. The Kier molecular flexibility index (Phi) is 2.71. The second-order valence-electron chi connectivity index (χ2n) is 3.95. The zero-order chi connectivity index (χ0) is 9.97. The van der Waals surface area contributed by atoms with Crippen LogP contribution >= 0.6 is 0 Å². The summed E-state index contributed by atoms with van der Waals surface area (Å²) in [4.78, 5) is 11.2. The summed E-state index contributed by atoms with van der Waals surface area (Å²) in [6.07, 6.45) is 2.17. The number of Topliss-reactive ketones (excluding diaryl/α,β-unsaturated/α-hetero) is 1. The first kappa shape index (κ1) is 9.51. The normalized spacial score (nSPS) is 25.4. The van der Waals surface area contributed by atoms with Crippen LogP contribution in [0.15, 0.2) is 30.3 Å². The molecule has 1 aromatic rings. The molecule has 0 N–H and O–H groups in total. The van der Waals surface area contributed by atoms with E-state index in [1.165, 1.54) is 5.56 Å². The van der Waals surface area contributed by atoms with Crippen molar-refractivity contribution in [3.8, 4) is 0 Å². The van der Waals surface area contributed by atoms with Gasteiger partial charge in [-0.25, -0.2) is 0 Å². The van der Waals surface area contributed by atoms with Gasteiger partial charge in [-0.1, -0.05) is 30.3 Å². The molecule has 0 aromatic heterocycles. The molecule has 14 heavy (non-hydrogen) atoms. The fraction of sp³-hybridized carbons (Fsp3) is 0.417. The lowest BCUT2D eigenvalue weighted by atomic mass is 9.68. The van der Waals surface area contributed by atoms with Crippen molar-refractivity contribution in [2.45, 2.75) is 25.1 Å². The summed E-state index contributed by atoms with van der Waals surface area (Å²) in [6, 6.07) is 10.4. The van der Waals surface area contributed by atoms with Crippen molar-refractivity contribution in [3.63, 3.8) is 0 Å². The van der Waals surface area contributed by atoms with Crippen molar-refractivity contribution >= 4 is 13.6 Å². The summed E-state index contributed by atoms with van der Waals surface area (Å²) in [6.45, 7) is 0. The summed E-state index contributed by atoms with van der Waals surface area (Å²) in [7, 11) is 5.32. The Hall–Kier alpha value is -1.05. The van der Waals surface area contributed by atoms with Crippen LogP contribution in [0.1, 0.15) is 24.3 Å².